The topological polar surface area (TPSA) is 72.4 Å². The van der Waals surface area contributed by atoms with Gasteiger partial charge in [-0.1, -0.05) is 0 Å². The molecule has 0 aromatic heterocycles. The van der Waals surface area contributed by atoms with Crippen molar-refractivity contribution in [2.75, 3.05) is 33.9 Å². The standard InChI is InChI=1S/C21H31N3O4/c1-5-22-21(24-8-6-15(7-9-24)20(25)27-4)23-13-17-12-19-16(10-14(2)28-19)11-18(17)26-3/h11-12,14-15H,5-10,13H2,1-4H3,(H,22,23). The van der Waals surface area contributed by atoms with E-state index in [1.807, 2.05) is 6.07 Å². The third kappa shape index (κ3) is 4.51. The van der Waals surface area contributed by atoms with Gasteiger partial charge in [-0.05, 0) is 38.8 Å². The van der Waals surface area contributed by atoms with Crippen LogP contribution in [0.25, 0.3) is 0 Å². The molecule has 154 valence electrons. The van der Waals surface area contributed by atoms with E-state index in [9.17, 15) is 4.79 Å². The highest BCUT2D eigenvalue weighted by molar-refractivity contribution is 5.80. The predicted molar refractivity (Wildman–Crippen MR) is 108 cm³/mol. The third-order valence-corrected chi connectivity index (χ3v) is 5.36. The number of fused-ring (bicyclic) bond motifs is 1. The minimum Gasteiger partial charge on any atom is -0.496 e. The summed E-state index contributed by atoms with van der Waals surface area (Å²) in [7, 11) is 3.14. The number of esters is 1. The van der Waals surface area contributed by atoms with Crippen molar-refractivity contribution >= 4 is 11.9 Å². The number of aliphatic imine (C=N–C) groups is 1. The number of hydrogen-bond donors (Lipinski definition) is 1. The minimum absolute atomic E-state index is 0.0138. The molecule has 7 heteroatoms. The molecule has 2 heterocycles. The molecule has 0 radical (unpaired) electrons. The van der Waals surface area contributed by atoms with Crippen LogP contribution in [0, 0.1) is 5.92 Å². The van der Waals surface area contributed by atoms with Gasteiger partial charge in [-0.25, -0.2) is 4.99 Å². The summed E-state index contributed by atoms with van der Waals surface area (Å²) in [5.74, 6) is 2.52. The lowest BCUT2D eigenvalue weighted by atomic mass is 9.97. The van der Waals surface area contributed by atoms with Crippen LogP contribution in [0.2, 0.25) is 0 Å². The van der Waals surface area contributed by atoms with E-state index in [1.165, 1.54) is 12.7 Å². The van der Waals surface area contributed by atoms with Crippen molar-refractivity contribution in [1.82, 2.24) is 10.2 Å². The fourth-order valence-electron chi connectivity index (χ4n) is 3.87. The molecule has 1 N–H and O–H groups in total. The molecule has 0 bridgehead atoms. The fourth-order valence-corrected chi connectivity index (χ4v) is 3.87. The third-order valence-electron chi connectivity index (χ3n) is 5.36. The smallest absolute Gasteiger partial charge is 0.308 e. The number of carbonyl (C=O) groups excluding carboxylic acids is 1. The largest absolute Gasteiger partial charge is 0.496 e. The van der Waals surface area contributed by atoms with Crippen molar-refractivity contribution in [1.29, 1.82) is 0 Å². The zero-order valence-corrected chi connectivity index (χ0v) is 17.3. The summed E-state index contributed by atoms with van der Waals surface area (Å²) in [6, 6.07) is 4.12. The molecule has 1 aromatic carbocycles. The van der Waals surface area contributed by atoms with Crippen molar-refractivity contribution in [2.45, 2.75) is 45.8 Å². The fraction of sp³-hybridized carbons (Fsp3) is 0.619. The van der Waals surface area contributed by atoms with E-state index in [-0.39, 0.29) is 18.0 Å². The first-order chi connectivity index (χ1) is 13.5. The van der Waals surface area contributed by atoms with Crippen molar-refractivity contribution in [3.63, 3.8) is 0 Å². The molecular weight excluding hydrogens is 358 g/mol. The Labute approximate surface area is 167 Å². The van der Waals surface area contributed by atoms with Gasteiger partial charge in [-0.15, -0.1) is 0 Å². The summed E-state index contributed by atoms with van der Waals surface area (Å²) in [5.41, 5.74) is 2.20. The summed E-state index contributed by atoms with van der Waals surface area (Å²) < 4.78 is 16.4. The molecule has 0 saturated carbocycles. The molecule has 0 spiro atoms. The first-order valence-electron chi connectivity index (χ1n) is 10.0. The van der Waals surface area contributed by atoms with Gasteiger partial charge in [0.25, 0.3) is 0 Å². The van der Waals surface area contributed by atoms with E-state index >= 15 is 0 Å². The van der Waals surface area contributed by atoms with Gasteiger partial charge in [0.2, 0.25) is 0 Å². The number of piperidine rings is 1. The number of nitrogens with one attached hydrogen (secondary N) is 1. The van der Waals surface area contributed by atoms with E-state index in [1.54, 1.807) is 7.11 Å². The SMILES string of the molecule is CCNC(=NCc1cc2c(cc1OC)CC(C)O2)N1CCC(C(=O)OC)CC1. The summed E-state index contributed by atoms with van der Waals surface area (Å²) in [4.78, 5) is 18.8. The highest BCUT2D eigenvalue weighted by Gasteiger charge is 2.27. The molecule has 0 amide bonds. The second kappa shape index (κ2) is 9.17. The van der Waals surface area contributed by atoms with Gasteiger partial charge >= 0.3 is 5.97 Å². The summed E-state index contributed by atoms with van der Waals surface area (Å²) in [5, 5.41) is 3.37. The summed E-state index contributed by atoms with van der Waals surface area (Å²) >= 11 is 0. The lowest BCUT2D eigenvalue weighted by Gasteiger charge is -2.33. The average molecular weight is 389 g/mol. The molecule has 1 fully saturated rings. The molecule has 1 atom stereocenters. The van der Waals surface area contributed by atoms with Gasteiger partial charge in [0.1, 0.15) is 17.6 Å². The lowest BCUT2D eigenvalue weighted by molar-refractivity contribution is -0.146. The van der Waals surface area contributed by atoms with Crippen molar-refractivity contribution < 1.29 is 19.0 Å². The van der Waals surface area contributed by atoms with Crippen LogP contribution in [0.15, 0.2) is 17.1 Å². The Balaban J connectivity index is 1.72. The van der Waals surface area contributed by atoms with Gasteiger partial charge in [-0.2, -0.15) is 0 Å². The second-order valence-electron chi connectivity index (χ2n) is 7.36. The first kappa shape index (κ1) is 20.3. The number of rotatable bonds is 5. The second-order valence-corrected chi connectivity index (χ2v) is 7.36. The number of nitrogens with zero attached hydrogens (tertiary/aromatic N) is 2. The lowest BCUT2D eigenvalue weighted by Crippen LogP contribution is -2.46. The first-order valence-corrected chi connectivity index (χ1v) is 10.0. The monoisotopic (exact) mass is 389 g/mol. The maximum Gasteiger partial charge on any atom is 0.308 e. The summed E-state index contributed by atoms with van der Waals surface area (Å²) in [6.45, 7) is 7.00. The Morgan fingerprint density at radius 3 is 2.71 bits per heavy atom. The molecular formula is C21H31N3O4. The number of ether oxygens (including phenoxy) is 3. The molecule has 1 unspecified atom stereocenters. The van der Waals surface area contributed by atoms with E-state index in [4.69, 9.17) is 19.2 Å². The van der Waals surface area contributed by atoms with Gasteiger partial charge < -0.3 is 24.4 Å². The number of guanidine groups is 1. The van der Waals surface area contributed by atoms with Crippen molar-refractivity contribution in [3.8, 4) is 11.5 Å². The van der Waals surface area contributed by atoms with Crippen molar-refractivity contribution in [2.24, 2.45) is 10.9 Å². The van der Waals surface area contributed by atoms with Gasteiger partial charge in [0, 0.05) is 37.2 Å². The zero-order chi connectivity index (χ0) is 20.1. The minimum atomic E-state index is -0.112. The maximum absolute atomic E-state index is 11.8. The van der Waals surface area contributed by atoms with Crippen LogP contribution < -0.4 is 14.8 Å². The Morgan fingerprint density at radius 2 is 2.07 bits per heavy atom. The molecule has 0 aliphatic carbocycles. The van der Waals surface area contributed by atoms with Crippen LogP contribution in [0.4, 0.5) is 0 Å². The van der Waals surface area contributed by atoms with Crippen LogP contribution in [0.5, 0.6) is 11.5 Å². The molecule has 7 nitrogen and oxygen atoms in total. The molecule has 2 aliphatic heterocycles. The van der Waals surface area contributed by atoms with E-state index in [2.05, 4.69) is 30.1 Å². The quantitative estimate of drug-likeness (QED) is 0.474. The van der Waals surface area contributed by atoms with E-state index in [0.29, 0.717) is 6.54 Å². The molecule has 3 rings (SSSR count). The van der Waals surface area contributed by atoms with E-state index < -0.39 is 0 Å². The highest BCUT2D eigenvalue weighted by Crippen LogP contribution is 2.35. The zero-order valence-electron chi connectivity index (χ0n) is 17.3. The molecule has 2 aliphatic rings. The molecule has 1 aromatic rings. The number of benzene rings is 1. The normalized spacial score (nSPS) is 19.8. The van der Waals surface area contributed by atoms with Crippen LogP contribution in [-0.4, -0.2) is 56.8 Å². The Kier molecular flexibility index (Phi) is 6.65. The van der Waals surface area contributed by atoms with Crippen molar-refractivity contribution in [3.05, 3.63) is 23.3 Å². The van der Waals surface area contributed by atoms with Crippen LogP contribution in [0.1, 0.15) is 37.8 Å². The van der Waals surface area contributed by atoms with Gasteiger partial charge in [-0.3, -0.25) is 4.79 Å². The summed E-state index contributed by atoms with van der Waals surface area (Å²) in [6.07, 6.45) is 2.68. The predicted octanol–water partition coefficient (Wildman–Crippen LogP) is 2.37. The van der Waals surface area contributed by atoms with Crippen LogP contribution in [0.3, 0.4) is 0 Å². The highest BCUT2D eigenvalue weighted by atomic mass is 16.5. The molecule has 28 heavy (non-hydrogen) atoms. The molecule has 1 saturated heterocycles. The number of carbonyl (C=O) groups is 1. The van der Waals surface area contributed by atoms with Crippen LogP contribution in [-0.2, 0) is 22.5 Å². The Hall–Kier alpha value is -2.44. The maximum atomic E-state index is 11.8. The average Bonchev–Trinajstić information content (AvgIpc) is 3.08. The number of likely N-dealkylation sites (tertiary alicyclic amines) is 1. The van der Waals surface area contributed by atoms with E-state index in [0.717, 1.165) is 61.9 Å². The Morgan fingerprint density at radius 1 is 1.32 bits per heavy atom. The Bertz CT molecular complexity index is 727. The number of methoxy groups -OCH3 is 2. The van der Waals surface area contributed by atoms with Gasteiger partial charge in [0.05, 0.1) is 26.7 Å². The van der Waals surface area contributed by atoms with Gasteiger partial charge in [0.15, 0.2) is 5.96 Å². The van der Waals surface area contributed by atoms with Crippen LogP contribution >= 0.6 is 0 Å². The number of hydrogen-bond acceptors (Lipinski definition) is 5.